The van der Waals surface area contributed by atoms with Crippen molar-refractivity contribution in [3.05, 3.63) is 42.2 Å². The lowest BCUT2D eigenvalue weighted by Crippen LogP contribution is -2.29. The van der Waals surface area contributed by atoms with Gasteiger partial charge in [0.15, 0.2) is 0 Å². The Hall–Kier alpha value is -2.70. The molecule has 1 atom stereocenters. The van der Waals surface area contributed by atoms with Gasteiger partial charge in [0, 0.05) is 18.5 Å². The minimum atomic E-state index is -0.870. The minimum absolute atomic E-state index is 0.0271. The van der Waals surface area contributed by atoms with E-state index in [2.05, 4.69) is 15.6 Å². The molecule has 0 bridgehead atoms. The molecule has 1 amide bonds. The first-order valence-corrected chi connectivity index (χ1v) is 6.53. The number of aliphatic carboxylic acids is 1. The fourth-order valence-electron chi connectivity index (χ4n) is 1.87. The lowest BCUT2D eigenvalue weighted by atomic mass is 10.1. The highest BCUT2D eigenvalue weighted by Crippen LogP contribution is 2.09. The van der Waals surface area contributed by atoms with Crippen molar-refractivity contribution < 1.29 is 14.7 Å². The Balaban J connectivity index is 2.00. The van der Waals surface area contributed by atoms with Gasteiger partial charge in [-0.2, -0.15) is 0 Å². The molecule has 0 aliphatic carbocycles. The summed E-state index contributed by atoms with van der Waals surface area (Å²) in [5.74, 6) is -1.23. The number of nitrogens with one attached hydrogen (secondary N) is 1. The molecule has 0 saturated heterocycles. The molecule has 2 aromatic rings. The Morgan fingerprint density at radius 3 is 2.90 bits per heavy atom. The molecule has 7 nitrogen and oxygen atoms in total. The number of hydrogen-bond donors (Lipinski definition) is 2. The molecule has 0 spiro atoms. The van der Waals surface area contributed by atoms with E-state index in [-0.39, 0.29) is 18.2 Å². The van der Waals surface area contributed by atoms with Crippen molar-refractivity contribution in [3.63, 3.8) is 0 Å². The average molecular weight is 288 g/mol. The zero-order chi connectivity index (χ0) is 15.2. The smallest absolute Gasteiger partial charge is 0.303 e. The monoisotopic (exact) mass is 288 g/mol. The van der Waals surface area contributed by atoms with Gasteiger partial charge in [-0.05, 0) is 24.1 Å². The number of aromatic nitrogens is 3. The second kappa shape index (κ2) is 6.65. The van der Waals surface area contributed by atoms with Crippen LogP contribution in [0.4, 0.5) is 0 Å². The number of carbonyl (C=O) groups excluding carboxylic acids is 1. The molecule has 0 saturated carbocycles. The van der Waals surface area contributed by atoms with E-state index < -0.39 is 5.97 Å². The van der Waals surface area contributed by atoms with Crippen LogP contribution >= 0.6 is 0 Å². The Morgan fingerprint density at radius 1 is 1.43 bits per heavy atom. The molecule has 2 N–H and O–H groups in total. The van der Waals surface area contributed by atoms with Gasteiger partial charge < -0.3 is 10.4 Å². The van der Waals surface area contributed by atoms with Gasteiger partial charge in [-0.3, -0.25) is 9.59 Å². The van der Waals surface area contributed by atoms with Gasteiger partial charge in [0.25, 0.3) is 5.91 Å². The van der Waals surface area contributed by atoms with E-state index in [0.717, 1.165) is 5.69 Å². The molecular weight excluding hydrogens is 272 g/mol. The van der Waals surface area contributed by atoms with Gasteiger partial charge in [0.2, 0.25) is 0 Å². The van der Waals surface area contributed by atoms with Gasteiger partial charge in [0.05, 0.1) is 18.1 Å². The minimum Gasteiger partial charge on any atom is -0.481 e. The van der Waals surface area contributed by atoms with Crippen LogP contribution in [0.3, 0.4) is 0 Å². The van der Waals surface area contributed by atoms with Gasteiger partial charge >= 0.3 is 5.97 Å². The molecule has 110 valence electrons. The fraction of sp³-hybridized carbons (Fsp3) is 0.286. The van der Waals surface area contributed by atoms with Gasteiger partial charge in [0.1, 0.15) is 0 Å². The lowest BCUT2D eigenvalue weighted by Gasteiger charge is -2.11. The van der Waals surface area contributed by atoms with Crippen LogP contribution in [0, 0.1) is 5.92 Å². The normalized spacial score (nSPS) is 11.9. The fourth-order valence-corrected chi connectivity index (χ4v) is 1.87. The Labute approximate surface area is 121 Å². The van der Waals surface area contributed by atoms with Gasteiger partial charge in [-0.1, -0.05) is 18.2 Å². The number of carboxylic acid groups (broad SMARTS) is 1. The van der Waals surface area contributed by atoms with Crippen LogP contribution < -0.4 is 5.32 Å². The van der Waals surface area contributed by atoms with Crippen molar-refractivity contribution in [1.82, 2.24) is 20.3 Å². The maximum Gasteiger partial charge on any atom is 0.303 e. The summed E-state index contributed by atoms with van der Waals surface area (Å²) in [6.45, 7) is 2.10. The highest BCUT2D eigenvalue weighted by molar-refractivity contribution is 5.94. The quantitative estimate of drug-likeness (QED) is 0.829. The van der Waals surface area contributed by atoms with E-state index in [1.807, 2.05) is 6.07 Å². The second-order valence-corrected chi connectivity index (χ2v) is 4.81. The molecule has 0 radical (unpaired) electrons. The van der Waals surface area contributed by atoms with Gasteiger partial charge in [-0.25, -0.2) is 4.68 Å². The molecule has 7 heteroatoms. The first-order chi connectivity index (χ1) is 10.1. The summed E-state index contributed by atoms with van der Waals surface area (Å²) >= 11 is 0. The molecule has 1 heterocycles. The van der Waals surface area contributed by atoms with Crippen molar-refractivity contribution in [2.24, 2.45) is 5.92 Å². The maximum atomic E-state index is 12.1. The lowest BCUT2D eigenvalue weighted by molar-refractivity contribution is -0.137. The summed E-state index contributed by atoms with van der Waals surface area (Å²) in [5.41, 5.74) is 1.23. The van der Waals surface area contributed by atoms with Crippen molar-refractivity contribution >= 4 is 11.9 Å². The zero-order valence-corrected chi connectivity index (χ0v) is 11.6. The summed E-state index contributed by atoms with van der Waals surface area (Å²) in [4.78, 5) is 22.6. The number of benzene rings is 1. The van der Waals surface area contributed by atoms with Crippen LogP contribution in [0.5, 0.6) is 0 Å². The van der Waals surface area contributed by atoms with Crippen LogP contribution in [-0.4, -0.2) is 38.5 Å². The van der Waals surface area contributed by atoms with E-state index in [0.29, 0.717) is 12.1 Å². The average Bonchev–Trinajstić information content (AvgIpc) is 2.98. The Kier molecular flexibility index (Phi) is 4.65. The molecule has 21 heavy (non-hydrogen) atoms. The SMILES string of the molecule is CC(CNC(=O)c1cccc(-n2ccnn2)c1)CC(=O)O. The summed E-state index contributed by atoms with van der Waals surface area (Å²) in [6.07, 6.45) is 3.27. The van der Waals surface area contributed by atoms with E-state index in [9.17, 15) is 9.59 Å². The largest absolute Gasteiger partial charge is 0.481 e. The summed E-state index contributed by atoms with van der Waals surface area (Å²) < 4.78 is 1.56. The van der Waals surface area contributed by atoms with E-state index in [4.69, 9.17) is 5.11 Å². The Bertz CT molecular complexity index is 625. The zero-order valence-electron chi connectivity index (χ0n) is 11.6. The van der Waals surface area contributed by atoms with Crippen LogP contribution in [0.2, 0.25) is 0 Å². The molecule has 0 aliphatic heterocycles. The van der Waals surface area contributed by atoms with Crippen molar-refractivity contribution in [2.45, 2.75) is 13.3 Å². The van der Waals surface area contributed by atoms with E-state index >= 15 is 0 Å². The number of carbonyl (C=O) groups is 2. The third-order valence-electron chi connectivity index (χ3n) is 2.93. The predicted molar refractivity (Wildman–Crippen MR) is 75.1 cm³/mol. The molecule has 0 aliphatic rings. The highest BCUT2D eigenvalue weighted by Gasteiger charge is 2.11. The first kappa shape index (κ1) is 14.7. The molecule has 1 unspecified atom stereocenters. The standard InChI is InChI=1S/C14H16N4O3/c1-10(7-13(19)20)9-15-14(21)11-3-2-4-12(8-11)18-6-5-16-17-18/h2-6,8,10H,7,9H2,1H3,(H,15,21)(H,19,20). The highest BCUT2D eigenvalue weighted by atomic mass is 16.4. The van der Waals surface area contributed by atoms with E-state index in [1.54, 1.807) is 42.2 Å². The molecule has 2 rings (SSSR count). The molecule has 1 aromatic carbocycles. The summed E-state index contributed by atoms with van der Waals surface area (Å²) in [7, 11) is 0. The van der Waals surface area contributed by atoms with Crippen LogP contribution in [0.15, 0.2) is 36.7 Å². The van der Waals surface area contributed by atoms with E-state index in [1.165, 1.54) is 0 Å². The Morgan fingerprint density at radius 2 is 2.24 bits per heavy atom. The number of hydrogen-bond acceptors (Lipinski definition) is 4. The van der Waals surface area contributed by atoms with Crippen molar-refractivity contribution in [1.29, 1.82) is 0 Å². The van der Waals surface area contributed by atoms with Crippen LogP contribution in [0.1, 0.15) is 23.7 Å². The third kappa shape index (κ3) is 4.13. The van der Waals surface area contributed by atoms with Crippen LogP contribution in [0.25, 0.3) is 5.69 Å². The predicted octanol–water partition coefficient (Wildman–Crippen LogP) is 1.11. The number of amides is 1. The number of carboxylic acids is 1. The third-order valence-corrected chi connectivity index (χ3v) is 2.93. The van der Waals surface area contributed by atoms with Crippen molar-refractivity contribution in [2.75, 3.05) is 6.54 Å². The summed E-state index contributed by atoms with van der Waals surface area (Å²) in [5, 5.41) is 19.0. The van der Waals surface area contributed by atoms with Crippen LogP contribution in [-0.2, 0) is 4.79 Å². The number of nitrogens with zero attached hydrogens (tertiary/aromatic N) is 3. The first-order valence-electron chi connectivity index (χ1n) is 6.53. The molecular formula is C14H16N4O3. The molecule has 1 aromatic heterocycles. The topological polar surface area (TPSA) is 97.1 Å². The number of rotatable bonds is 6. The second-order valence-electron chi connectivity index (χ2n) is 4.81. The molecule has 0 fully saturated rings. The van der Waals surface area contributed by atoms with Gasteiger partial charge in [-0.15, -0.1) is 5.10 Å². The maximum absolute atomic E-state index is 12.1. The van der Waals surface area contributed by atoms with Crippen molar-refractivity contribution in [3.8, 4) is 5.69 Å². The summed E-state index contributed by atoms with van der Waals surface area (Å²) in [6, 6.07) is 6.97.